The lowest BCUT2D eigenvalue weighted by Gasteiger charge is -2.10. The minimum Gasteiger partial charge on any atom is -0.493 e. The summed E-state index contributed by atoms with van der Waals surface area (Å²) in [5.74, 6) is 1.28. The fourth-order valence-corrected chi connectivity index (χ4v) is 2.03. The first-order chi connectivity index (χ1) is 9.08. The van der Waals surface area contributed by atoms with Crippen molar-refractivity contribution >= 4 is 17.4 Å². The summed E-state index contributed by atoms with van der Waals surface area (Å²) in [4.78, 5) is 12.4. The zero-order valence-corrected chi connectivity index (χ0v) is 11.6. The highest BCUT2D eigenvalue weighted by Crippen LogP contribution is 2.34. The monoisotopic (exact) mass is 280 g/mol. The van der Waals surface area contributed by atoms with Gasteiger partial charge in [-0.05, 0) is 19.1 Å². The van der Waals surface area contributed by atoms with Crippen LogP contribution >= 0.6 is 11.6 Å². The lowest BCUT2D eigenvalue weighted by atomic mass is 10.0. The number of benzene rings is 1. The highest BCUT2D eigenvalue weighted by Gasteiger charge is 2.19. The maximum absolute atomic E-state index is 12.4. The number of aryl methyl sites for hydroxylation is 1. The van der Waals surface area contributed by atoms with Crippen LogP contribution in [0.5, 0.6) is 11.5 Å². The fourth-order valence-electron chi connectivity index (χ4n) is 1.79. The van der Waals surface area contributed by atoms with Crippen molar-refractivity contribution in [2.24, 2.45) is 0 Å². The highest BCUT2D eigenvalue weighted by atomic mass is 35.5. The van der Waals surface area contributed by atoms with Gasteiger partial charge in [-0.25, -0.2) is 0 Å². The van der Waals surface area contributed by atoms with E-state index in [-0.39, 0.29) is 5.78 Å². The van der Waals surface area contributed by atoms with Gasteiger partial charge in [-0.3, -0.25) is 4.79 Å². The number of halogens is 1. The molecule has 2 aromatic rings. The molecule has 0 N–H and O–H groups in total. The van der Waals surface area contributed by atoms with Crippen LogP contribution in [-0.4, -0.2) is 20.0 Å². The van der Waals surface area contributed by atoms with E-state index in [2.05, 4.69) is 0 Å². The molecule has 2 rings (SSSR count). The second-order valence-electron chi connectivity index (χ2n) is 3.91. The summed E-state index contributed by atoms with van der Waals surface area (Å²) in [6, 6.07) is 4.74. The lowest BCUT2D eigenvalue weighted by Crippen LogP contribution is -2.04. The molecule has 1 heterocycles. The van der Waals surface area contributed by atoms with Crippen molar-refractivity contribution in [1.82, 2.24) is 0 Å². The smallest absolute Gasteiger partial charge is 0.198 e. The predicted molar refractivity (Wildman–Crippen MR) is 71.4 cm³/mol. The molecule has 0 spiro atoms. The number of hydrogen-bond donors (Lipinski definition) is 0. The lowest BCUT2D eigenvalue weighted by molar-refractivity contribution is 0.103. The van der Waals surface area contributed by atoms with Crippen LogP contribution in [0.15, 0.2) is 28.9 Å². The third-order valence-electron chi connectivity index (χ3n) is 2.82. The summed E-state index contributed by atoms with van der Waals surface area (Å²) in [5, 5.41) is 0.309. The first kappa shape index (κ1) is 13.5. The number of ether oxygens (including phenoxy) is 2. The molecule has 0 saturated carbocycles. The van der Waals surface area contributed by atoms with E-state index in [0.717, 1.165) is 0 Å². The van der Waals surface area contributed by atoms with Gasteiger partial charge in [0.25, 0.3) is 0 Å². The third-order valence-corrected chi connectivity index (χ3v) is 3.13. The maximum atomic E-state index is 12.4. The number of carbonyl (C=O) groups excluding carboxylic acids is 1. The molecule has 0 atom stereocenters. The van der Waals surface area contributed by atoms with E-state index in [0.29, 0.717) is 33.4 Å². The molecule has 0 amide bonds. The molecule has 0 fully saturated rings. The number of hydrogen-bond acceptors (Lipinski definition) is 4. The van der Waals surface area contributed by atoms with Crippen molar-refractivity contribution in [1.29, 1.82) is 0 Å². The van der Waals surface area contributed by atoms with Crippen LogP contribution in [0.1, 0.15) is 21.7 Å². The zero-order valence-electron chi connectivity index (χ0n) is 10.8. The number of carbonyl (C=O) groups is 1. The van der Waals surface area contributed by atoms with Gasteiger partial charge in [0, 0.05) is 11.6 Å². The van der Waals surface area contributed by atoms with E-state index >= 15 is 0 Å². The molecule has 1 aromatic carbocycles. The molecule has 0 aliphatic carbocycles. The molecule has 19 heavy (non-hydrogen) atoms. The Morgan fingerprint density at radius 1 is 1.16 bits per heavy atom. The number of methoxy groups -OCH3 is 2. The first-order valence-corrected chi connectivity index (χ1v) is 5.96. The van der Waals surface area contributed by atoms with E-state index in [1.807, 2.05) is 0 Å². The minimum absolute atomic E-state index is 0.211. The van der Waals surface area contributed by atoms with Gasteiger partial charge in [-0.15, -0.1) is 0 Å². The van der Waals surface area contributed by atoms with Gasteiger partial charge < -0.3 is 13.9 Å². The Bertz CT molecular complexity index is 616. The van der Waals surface area contributed by atoms with Crippen LogP contribution in [0.4, 0.5) is 0 Å². The maximum Gasteiger partial charge on any atom is 0.198 e. The predicted octanol–water partition coefficient (Wildman–Crippen LogP) is 3.49. The van der Waals surface area contributed by atoms with Gasteiger partial charge in [0.05, 0.1) is 31.1 Å². The van der Waals surface area contributed by atoms with E-state index < -0.39 is 0 Å². The van der Waals surface area contributed by atoms with Crippen molar-refractivity contribution < 1.29 is 18.7 Å². The number of rotatable bonds is 4. The van der Waals surface area contributed by atoms with Crippen LogP contribution in [0, 0.1) is 6.92 Å². The van der Waals surface area contributed by atoms with Gasteiger partial charge in [-0.1, -0.05) is 11.6 Å². The molecule has 5 heteroatoms. The minimum atomic E-state index is -0.211. The standard InChI is InChI=1S/C14H13ClO4/c1-8-9(4-5-19-8)14(16)10-6-12(17-2)13(18-3)7-11(10)15/h4-7H,1-3H3. The van der Waals surface area contributed by atoms with E-state index in [9.17, 15) is 4.79 Å². The third kappa shape index (κ3) is 2.44. The Morgan fingerprint density at radius 2 is 1.79 bits per heavy atom. The summed E-state index contributed by atoms with van der Waals surface area (Å²) < 4.78 is 15.4. The van der Waals surface area contributed by atoms with Crippen molar-refractivity contribution in [3.63, 3.8) is 0 Å². The Kier molecular flexibility index (Phi) is 3.81. The second kappa shape index (κ2) is 5.36. The van der Waals surface area contributed by atoms with Crippen molar-refractivity contribution in [3.8, 4) is 11.5 Å². The van der Waals surface area contributed by atoms with Crippen LogP contribution in [0.3, 0.4) is 0 Å². The van der Waals surface area contributed by atoms with Gasteiger partial charge in [-0.2, -0.15) is 0 Å². The van der Waals surface area contributed by atoms with E-state index in [1.54, 1.807) is 25.1 Å². The molecular formula is C14H13ClO4. The van der Waals surface area contributed by atoms with E-state index in [1.165, 1.54) is 20.5 Å². The van der Waals surface area contributed by atoms with Crippen molar-refractivity contribution in [2.75, 3.05) is 14.2 Å². The highest BCUT2D eigenvalue weighted by molar-refractivity contribution is 6.35. The number of ketones is 1. The second-order valence-corrected chi connectivity index (χ2v) is 4.31. The van der Waals surface area contributed by atoms with E-state index in [4.69, 9.17) is 25.5 Å². The molecule has 0 bridgehead atoms. The molecule has 0 aliphatic rings. The Hall–Kier alpha value is -1.94. The SMILES string of the molecule is COc1cc(Cl)c(C(=O)c2ccoc2C)cc1OC. The van der Waals surface area contributed by atoms with Gasteiger partial charge in [0.2, 0.25) is 0 Å². The summed E-state index contributed by atoms with van der Waals surface area (Å²) >= 11 is 6.11. The van der Waals surface area contributed by atoms with Crippen molar-refractivity contribution in [3.05, 3.63) is 46.4 Å². The molecular weight excluding hydrogens is 268 g/mol. The van der Waals surface area contributed by atoms with Gasteiger partial charge >= 0.3 is 0 Å². The van der Waals surface area contributed by atoms with Crippen LogP contribution in [0.25, 0.3) is 0 Å². The largest absolute Gasteiger partial charge is 0.493 e. The summed E-state index contributed by atoms with van der Waals surface area (Å²) in [5.41, 5.74) is 0.831. The molecule has 0 unspecified atom stereocenters. The summed E-state index contributed by atoms with van der Waals surface area (Å²) in [6.45, 7) is 1.72. The Morgan fingerprint density at radius 3 is 2.32 bits per heavy atom. The van der Waals surface area contributed by atoms with Crippen LogP contribution < -0.4 is 9.47 Å². The average Bonchev–Trinajstić information content (AvgIpc) is 2.83. The molecule has 1 aromatic heterocycles. The van der Waals surface area contributed by atoms with Gasteiger partial charge in [0.15, 0.2) is 17.3 Å². The molecule has 0 aliphatic heterocycles. The molecule has 0 radical (unpaired) electrons. The summed E-state index contributed by atoms with van der Waals surface area (Å²) in [6.07, 6.45) is 1.47. The Balaban J connectivity index is 2.51. The summed E-state index contributed by atoms with van der Waals surface area (Å²) in [7, 11) is 3.01. The zero-order chi connectivity index (χ0) is 14.0. The molecule has 0 saturated heterocycles. The molecule has 100 valence electrons. The van der Waals surface area contributed by atoms with Gasteiger partial charge in [0.1, 0.15) is 5.76 Å². The van der Waals surface area contributed by atoms with Crippen molar-refractivity contribution in [2.45, 2.75) is 6.92 Å². The normalized spacial score (nSPS) is 10.3. The fraction of sp³-hybridized carbons (Fsp3) is 0.214. The molecule has 4 nitrogen and oxygen atoms in total. The first-order valence-electron chi connectivity index (χ1n) is 5.58. The van der Waals surface area contributed by atoms with Crippen LogP contribution in [-0.2, 0) is 0 Å². The quantitative estimate of drug-likeness (QED) is 0.805. The topological polar surface area (TPSA) is 48.7 Å². The number of furan rings is 1. The average molecular weight is 281 g/mol. The van der Waals surface area contributed by atoms with Crippen LogP contribution in [0.2, 0.25) is 5.02 Å². The Labute approximate surface area is 115 Å².